The summed E-state index contributed by atoms with van der Waals surface area (Å²) >= 11 is 0. The first-order valence-corrected chi connectivity index (χ1v) is 11.3. The zero-order valence-electron chi connectivity index (χ0n) is 19.3. The topological polar surface area (TPSA) is 141 Å². The fraction of sp³-hybridized carbons (Fsp3) is 0.500. The predicted molar refractivity (Wildman–Crippen MR) is 121 cm³/mol. The van der Waals surface area contributed by atoms with Crippen molar-refractivity contribution >= 4 is 29.1 Å². The third kappa shape index (κ3) is 5.49. The lowest BCUT2D eigenvalue weighted by atomic mass is 10.0. The number of Topliss-reactive ketones (excluding diaryl/α,β-unsaturated/α-hetero) is 1. The molecule has 2 bridgehead atoms. The van der Waals surface area contributed by atoms with Gasteiger partial charge in [-0.15, -0.1) is 0 Å². The van der Waals surface area contributed by atoms with Crippen LogP contribution in [-0.2, 0) is 0 Å². The van der Waals surface area contributed by atoms with Gasteiger partial charge in [-0.2, -0.15) is 13.2 Å². The molecule has 0 unspecified atom stereocenters. The van der Waals surface area contributed by atoms with E-state index in [2.05, 4.69) is 20.3 Å². The molecule has 3 atom stereocenters. The highest BCUT2D eigenvalue weighted by atomic mass is 19.4. The van der Waals surface area contributed by atoms with Crippen molar-refractivity contribution in [3.63, 3.8) is 0 Å². The van der Waals surface area contributed by atoms with Gasteiger partial charge in [-0.25, -0.2) is 19.7 Å². The molecule has 2 aliphatic rings. The van der Waals surface area contributed by atoms with E-state index in [0.29, 0.717) is 25.2 Å². The number of nitrogens with zero attached hydrogens (tertiary/aromatic N) is 5. The van der Waals surface area contributed by atoms with Crippen molar-refractivity contribution in [1.29, 1.82) is 0 Å². The third-order valence-corrected chi connectivity index (χ3v) is 6.00. The summed E-state index contributed by atoms with van der Waals surface area (Å²) in [5, 5.41) is 20.8. The number of hydrogen-bond donors (Lipinski definition) is 3. The number of fused-ring (bicyclic) bond motifs is 4. The van der Waals surface area contributed by atoms with Crippen LogP contribution in [-0.4, -0.2) is 81.6 Å². The second-order valence-corrected chi connectivity index (χ2v) is 8.69. The average Bonchev–Trinajstić information content (AvgIpc) is 3.26. The van der Waals surface area contributed by atoms with Gasteiger partial charge in [-0.1, -0.05) is 6.92 Å². The lowest BCUT2D eigenvalue weighted by molar-refractivity contribution is -0.168. The van der Waals surface area contributed by atoms with Gasteiger partial charge in [0.2, 0.25) is 5.88 Å². The molecule has 1 saturated heterocycles. The summed E-state index contributed by atoms with van der Waals surface area (Å²) in [5.74, 6) is -2.21. The number of nitrogens with one attached hydrogen (secondary N) is 1. The first kappa shape index (κ1) is 25.6. The largest absolute Gasteiger partial charge is 0.474 e. The molecule has 0 aliphatic carbocycles. The van der Waals surface area contributed by atoms with Gasteiger partial charge in [0.1, 0.15) is 18.4 Å². The van der Waals surface area contributed by atoms with Crippen molar-refractivity contribution in [2.45, 2.75) is 38.1 Å². The minimum Gasteiger partial charge on any atom is -0.474 e. The maximum atomic E-state index is 13.2. The number of rotatable bonds is 8. The number of hydrogen-bond acceptors (Lipinski definition) is 9. The van der Waals surface area contributed by atoms with Crippen LogP contribution in [0.25, 0.3) is 0 Å². The molecule has 36 heavy (non-hydrogen) atoms. The first-order chi connectivity index (χ1) is 17.1. The van der Waals surface area contributed by atoms with E-state index in [1.165, 1.54) is 23.4 Å². The molecule has 4 heterocycles. The second-order valence-electron chi connectivity index (χ2n) is 8.69. The van der Waals surface area contributed by atoms with Crippen molar-refractivity contribution in [2.75, 3.05) is 41.4 Å². The quantitative estimate of drug-likeness (QED) is 0.455. The van der Waals surface area contributed by atoms with Crippen LogP contribution >= 0.6 is 0 Å². The Labute approximate surface area is 203 Å². The number of aromatic nitrogens is 3. The molecule has 0 radical (unpaired) electrons. The number of ketones is 1. The Bertz CT molecular complexity index is 1120. The fourth-order valence-electron chi connectivity index (χ4n) is 3.98. The molecule has 3 N–H and O–H groups in total. The highest BCUT2D eigenvalue weighted by Crippen LogP contribution is 2.39. The number of amides is 2. The summed E-state index contributed by atoms with van der Waals surface area (Å²) in [6, 6.07) is 2.15. The van der Waals surface area contributed by atoms with Crippen LogP contribution in [0.2, 0.25) is 0 Å². The molecule has 2 aromatic rings. The predicted octanol–water partition coefficient (Wildman–Crippen LogP) is 2.01. The number of urea groups is 1. The maximum absolute atomic E-state index is 13.2. The fourth-order valence-corrected chi connectivity index (χ4v) is 3.98. The first-order valence-electron chi connectivity index (χ1n) is 11.3. The molecule has 2 aromatic heterocycles. The van der Waals surface area contributed by atoms with Crippen molar-refractivity contribution in [1.82, 2.24) is 15.0 Å². The minimum absolute atomic E-state index is 0.0770. The van der Waals surface area contributed by atoms with E-state index in [1.807, 2.05) is 4.90 Å². The molecule has 2 amide bonds. The number of carbonyl (C=O) groups is 2. The zero-order chi connectivity index (χ0) is 26.0. The van der Waals surface area contributed by atoms with Crippen LogP contribution < -0.4 is 19.9 Å². The van der Waals surface area contributed by atoms with E-state index in [4.69, 9.17) is 9.84 Å². The Morgan fingerprint density at radius 1 is 1.28 bits per heavy atom. The molecule has 0 spiro atoms. The highest BCUT2D eigenvalue weighted by Gasteiger charge is 2.41. The van der Waals surface area contributed by atoms with Crippen LogP contribution in [0.5, 0.6) is 5.88 Å². The smallest absolute Gasteiger partial charge is 0.391 e. The number of ether oxygens (including phenoxy) is 1. The summed E-state index contributed by atoms with van der Waals surface area (Å²) in [6.07, 6.45) is -3.19. The number of aliphatic hydroxyl groups is 2. The minimum atomic E-state index is -4.50. The zero-order valence-corrected chi connectivity index (χ0v) is 19.3. The van der Waals surface area contributed by atoms with Crippen molar-refractivity contribution in [2.24, 2.45) is 5.92 Å². The SMILES string of the molecule is C[C@@H](CC(=O)c1ccc2c(n1)N(C(=O)Nc1cnc(OC[C@H](O)CO)cn1)[C@H]1CCN2C1)C(F)(F)F. The van der Waals surface area contributed by atoms with Gasteiger partial charge < -0.3 is 19.8 Å². The lowest BCUT2D eigenvalue weighted by Crippen LogP contribution is -2.48. The van der Waals surface area contributed by atoms with Gasteiger partial charge in [0.25, 0.3) is 0 Å². The van der Waals surface area contributed by atoms with E-state index in [-0.39, 0.29) is 35.9 Å². The van der Waals surface area contributed by atoms with Gasteiger partial charge in [0.15, 0.2) is 17.4 Å². The normalized spacial score (nSPS) is 18.4. The maximum Gasteiger partial charge on any atom is 0.391 e. The van der Waals surface area contributed by atoms with Gasteiger partial charge in [-0.05, 0) is 18.6 Å². The van der Waals surface area contributed by atoms with E-state index in [0.717, 1.165) is 6.92 Å². The second kappa shape index (κ2) is 10.2. The molecular weight excluding hydrogens is 485 g/mol. The van der Waals surface area contributed by atoms with Crippen LogP contribution in [0.4, 0.5) is 35.3 Å². The molecule has 4 rings (SSSR count). The molecule has 0 saturated carbocycles. The van der Waals surface area contributed by atoms with E-state index in [1.54, 1.807) is 6.07 Å². The molecule has 14 heteroatoms. The van der Waals surface area contributed by atoms with Crippen molar-refractivity contribution in [3.8, 4) is 5.88 Å². The summed E-state index contributed by atoms with van der Waals surface area (Å²) < 4.78 is 44.0. The number of pyridine rings is 1. The van der Waals surface area contributed by atoms with Crippen molar-refractivity contribution < 1.29 is 37.7 Å². The highest BCUT2D eigenvalue weighted by molar-refractivity contribution is 6.05. The van der Waals surface area contributed by atoms with Crippen LogP contribution in [0.1, 0.15) is 30.3 Å². The molecule has 2 aliphatic heterocycles. The molecule has 194 valence electrons. The Balaban J connectivity index is 1.51. The van der Waals surface area contributed by atoms with Gasteiger partial charge in [-0.3, -0.25) is 15.0 Å². The number of halogens is 3. The van der Waals surface area contributed by atoms with Crippen LogP contribution in [0.15, 0.2) is 24.5 Å². The van der Waals surface area contributed by atoms with Crippen LogP contribution in [0.3, 0.4) is 0 Å². The molecular formula is C22H25F3N6O5. The monoisotopic (exact) mass is 510 g/mol. The number of carbonyl (C=O) groups excluding carboxylic acids is 2. The Morgan fingerprint density at radius 3 is 2.72 bits per heavy atom. The standard InChI is InChI=1S/C22H25F3N6O5/c1-12(22(23,24)25)6-17(34)15-2-3-16-20(28-15)31(13-4-5-30(16)9-13)21(35)29-18-7-27-19(8-26-18)36-11-14(33)10-32/h2-3,7-8,12-14,32-33H,4-6,9-11H2,1H3,(H,26,29,35)/t12-,13-,14+/m0/s1. The molecule has 0 aromatic carbocycles. The van der Waals surface area contributed by atoms with E-state index in [9.17, 15) is 27.9 Å². The van der Waals surface area contributed by atoms with E-state index >= 15 is 0 Å². The average molecular weight is 510 g/mol. The number of alkyl halides is 3. The van der Waals surface area contributed by atoms with Gasteiger partial charge >= 0.3 is 12.2 Å². The van der Waals surface area contributed by atoms with Gasteiger partial charge in [0, 0.05) is 19.5 Å². The Morgan fingerprint density at radius 2 is 2.06 bits per heavy atom. The Kier molecular flexibility index (Phi) is 7.26. The van der Waals surface area contributed by atoms with Crippen molar-refractivity contribution in [3.05, 3.63) is 30.2 Å². The number of aliphatic hydroxyl groups excluding tert-OH is 2. The summed E-state index contributed by atoms with van der Waals surface area (Å²) in [4.78, 5) is 41.5. The Hall–Kier alpha value is -3.52. The number of anilines is 3. The summed E-state index contributed by atoms with van der Waals surface area (Å²) in [7, 11) is 0. The summed E-state index contributed by atoms with van der Waals surface area (Å²) in [5.41, 5.74) is 0.466. The third-order valence-electron chi connectivity index (χ3n) is 6.00. The molecule has 11 nitrogen and oxygen atoms in total. The van der Waals surface area contributed by atoms with Gasteiger partial charge in [0.05, 0.1) is 36.6 Å². The lowest BCUT2D eigenvalue weighted by Gasteiger charge is -2.35. The summed E-state index contributed by atoms with van der Waals surface area (Å²) in [6.45, 7) is 1.49. The molecule has 1 fully saturated rings. The van der Waals surface area contributed by atoms with Crippen LogP contribution in [0, 0.1) is 5.92 Å². The van der Waals surface area contributed by atoms with E-state index < -0.39 is 43.0 Å².